The van der Waals surface area contributed by atoms with Crippen molar-refractivity contribution >= 4 is 17.5 Å². The number of hydrogen-bond acceptors (Lipinski definition) is 3. The van der Waals surface area contributed by atoms with Crippen LogP contribution in [-0.4, -0.2) is 15.9 Å². The fraction of sp³-hybridized carbons (Fsp3) is 0.154. The second-order valence-corrected chi connectivity index (χ2v) is 4.25. The maximum Gasteiger partial charge on any atom is 0.270 e. The number of aryl methyl sites for hydroxylation is 1. The second-order valence-electron chi connectivity index (χ2n) is 3.81. The van der Waals surface area contributed by atoms with Crippen molar-refractivity contribution < 1.29 is 4.79 Å². The summed E-state index contributed by atoms with van der Waals surface area (Å²) in [4.78, 5) is 20.0. The lowest BCUT2D eigenvalue weighted by Gasteiger charge is -2.06. The minimum Gasteiger partial charge on any atom is -0.345 e. The highest BCUT2D eigenvalue weighted by molar-refractivity contribution is 6.30. The Balaban J connectivity index is 2.03. The van der Waals surface area contributed by atoms with E-state index in [2.05, 4.69) is 15.3 Å². The molecule has 0 unspecified atom stereocenters. The van der Waals surface area contributed by atoms with Gasteiger partial charge in [0.1, 0.15) is 5.69 Å². The number of carbonyl (C=O) groups excluding carboxylic acids is 1. The average molecular weight is 262 g/mol. The molecule has 0 fully saturated rings. The molecule has 5 heteroatoms. The molecule has 0 atom stereocenters. The fourth-order valence-electron chi connectivity index (χ4n) is 1.49. The highest BCUT2D eigenvalue weighted by Crippen LogP contribution is 2.08. The number of aromatic nitrogens is 2. The monoisotopic (exact) mass is 261 g/mol. The van der Waals surface area contributed by atoms with Crippen molar-refractivity contribution in [2.75, 3.05) is 0 Å². The number of halogens is 1. The largest absolute Gasteiger partial charge is 0.345 e. The van der Waals surface area contributed by atoms with Crippen LogP contribution >= 0.6 is 11.6 Å². The van der Waals surface area contributed by atoms with E-state index in [-0.39, 0.29) is 5.91 Å². The van der Waals surface area contributed by atoms with E-state index in [0.717, 1.165) is 11.3 Å². The van der Waals surface area contributed by atoms with Gasteiger partial charge >= 0.3 is 0 Å². The lowest BCUT2D eigenvalue weighted by Crippen LogP contribution is -2.24. The first kappa shape index (κ1) is 12.5. The van der Waals surface area contributed by atoms with Crippen LogP contribution in [0.2, 0.25) is 5.02 Å². The SMILES string of the molecule is Cc1cccnc1CNC(=O)c1cc(Cl)ccn1. The van der Waals surface area contributed by atoms with Crippen molar-refractivity contribution in [3.05, 3.63) is 58.6 Å². The quantitative estimate of drug-likeness (QED) is 0.923. The van der Waals surface area contributed by atoms with Gasteiger partial charge in [-0.25, -0.2) is 0 Å². The summed E-state index contributed by atoms with van der Waals surface area (Å²) in [7, 11) is 0. The molecule has 0 spiro atoms. The van der Waals surface area contributed by atoms with Crippen LogP contribution in [-0.2, 0) is 6.54 Å². The average Bonchev–Trinajstić information content (AvgIpc) is 2.37. The van der Waals surface area contributed by atoms with Crippen molar-refractivity contribution in [3.63, 3.8) is 0 Å². The molecule has 92 valence electrons. The van der Waals surface area contributed by atoms with E-state index in [4.69, 9.17) is 11.6 Å². The molecule has 0 aliphatic rings. The molecule has 0 saturated carbocycles. The molecule has 18 heavy (non-hydrogen) atoms. The summed E-state index contributed by atoms with van der Waals surface area (Å²) in [6.45, 7) is 2.33. The van der Waals surface area contributed by atoms with Gasteiger partial charge in [0.2, 0.25) is 0 Å². The van der Waals surface area contributed by atoms with Crippen LogP contribution in [0.5, 0.6) is 0 Å². The van der Waals surface area contributed by atoms with E-state index in [0.29, 0.717) is 17.3 Å². The maximum absolute atomic E-state index is 11.8. The molecule has 0 aromatic carbocycles. The number of rotatable bonds is 3. The molecule has 0 aliphatic carbocycles. The predicted octanol–water partition coefficient (Wildman–Crippen LogP) is 2.37. The van der Waals surface area contributed by atoms with Crippen molar-refractivity contribution in [1.82, 2.24) is 15.3 Å². The lowest BCUT2D eigenvalue weighted by molar-refractivity contribution is 0.0945. The topological polar surface area (TPSA) is 54.9 Å². The Morgan fingerprint density at radius 1 is 1.33 bits per heavy atom. The Kier molecular flexibility index (Phi) is 3.89. The van der Waals surface area contributed by atoms with Gasteiger partial charge < -0.3 is 5.32 Å². The van der Waals surface area contributed by atoms with Crippen LogP contribution in [0.1, 0.15) is 21.7 Å². The lowest BCUT2D eigenvalue weighted by atomic mass is 10.2. The van der Waals surface area contributed by atoms with Crippen LogP contribution in [0.4, 0.5) is 0 Å². The van der Waals surface area contributed by atoms with Gasteiger partial charge in [-0.2, -0.15) is 0 Å². The van der Waals surface area contributed by atoms with Gasteiger partial charge in [-0.3, -0.25) is 14.8 Å². The Morgan fingerprint density at radius 2 is 2.17 bits per heavy atom. The zero-order chi connectivity index (χ0) is 13.0. The summed E-state index contributed by atoms with van der Waals surface area (Å²) in [5.41, 5.74) is 2.18. The maximum atomic E-state index is 11.8. The van der Waals surface area contributed by atoms with Crippen LogP contribution in [0.15, 0.2) is 36.7 Å². The molecule has 0 aliphatic heterocycles. The standard InChI is InChI=1S/C13H12ClN3O/c1-9-3-2-5-15-12(9)8-17-13(18)11-7-10(14)4-6-16-11/h2-7H,8H2,1H3,(H,17,18). The molecule has 1 amide bonds. The van der Waals surface area contributed by atoms with E-state index in [1.54, 1.807) is 12.3 Å². The molecule has 0 bridgehead atoms. The van der Waals surface area contributed by atoms with E-state index in [1.807, 2.05) is 19.1 Å². The summed E-state index contributed by atoms with van der Waals surface area (Å²) in [5, 5.41) is 3.25. The van der Waals surface area contributed by atoms with E-state index < -0.39 is 0 Å². The van der Waals surface area contributed by atoms with Gasteiger partial charge in [0.25, 0.3) is 5.91 Å². The number of pyridine rings is 2. The molecule has 4 nitrogen and oxygen atoms in total. The Hall–Kier alpha value is -1.94. The Labute approximate surface area is 110 Å². The second kappa shape index (κ2) is 5.60. The molecule has 2 rings (SSSR count). The first-order valence-electron chi connectivity index (χ1n) is 5.47. The molecule has 2 aromatic heterocycles. The normalized spacial score (nSPS) is 10.1. The van der Waals surface area contributed by atoms with Crippen molar-refractivity contribution in [3.8, 4) is 0 Å². The fourth-order valence-corrected chi connectivity index (χ4v) is 1.65. The van der Waals surface area contributed by atoms with Gasteiger partial charge in [-0.1, -0.05) is 17.7 Å². The first-order chi connectivity index (χ1) is 8.66. The van der Waals surface area contributed by atoms with E-state index in [1.165, 1.54) is 12.3 Å². The number of amides is 1. The third kappa shape index (κ3) is 3.05. The van der Waals surface area contributed by atoms with Crippen LogP contribution in [0.25, 0.3) is 0 Å². The van der Waals surface area contributed by atoms with Crippen LogP contribution in [0.3, 0.4) is 0 Å². The van der Waals surface area contributed by atoms with Crippen molar-refractivity contribution in [1.29, 1.82) is 0 Å². The van der Waals surface area contributed by atoms with Gasteiger partial charge in [-0.15, -0.1) is 0 Å². The summed E-state index contributed by atoms with van der Waals surface area (Å²) < 4.78 is 0. The van der Waals surface area contributed by atoms with Gasteiger partial charge in [-0.05, 0) is 30.7 Å². The minimum atomic E-state index is -0.262. The minimum absolute atomic E-state index is 0.262. The molecule has 0 radical (unpaired) electrons. The molecule has 2 heterocycles. The summed E-state index contributed by atoms with van der Waals surface area (Å²) in [6.07, 6.45) is 3.20. The smallest absolute Gasteiger partial charge is 0.270 e. The van der Waals surface area contributed by atoms with Crippen molar-refractivity contribution in [2.24, 2.45) is 0 Å². The number of nitrogens with zero attached hydrogens (tertiary/aromatic N) is 2. The summed E-state index contributed by atoms with van der Waals surface area (Å²) >= 11 is 5.80. The zero-order valence-corrected chi connectivity index (χ0v) is 10.6. The first-order valence-corrected chi connectivity index (χ1v) is 5.85. The van der Waals surface area contributed by atoms with Gasteiger partial charge in [0.05, 0.1) is 12.2 Å². The molecule has 1 N–H and O–H groups in total. The highest BCUT2D eigenvalue weighted by atomic mass is 35.5. The predicted molar refractivity (Wildman–Crippen MR) is 69.4 cm³/mol. The van der Waals surface area contributed by atoms with Gasteiger partial charge in [0.15, 0.2) is 0 Å². The van der Waals surface area contributed by atoms with E-state index >= 15 is 0 Å². The van der Waals surface area contributed by atoms with Gasteiger partial charge in [0, 0.05) is 17.4 Å². The number of hydrogen-bond donors (Lipinski definition) is 1. The number of nitrogens with one attached hydrogen (secondary N) is 1. The summed E-state index contributed by atoms with van der Waals surface area (Å²) in [6, 6.07) is 6.97. The van der Waals surface area contributed by atoms with E-state index in [9.17, 15) is 4.79 Å². The van der Waals surface area contributed by atoms with Crippen LogP contribution < -0.4 is 5.32 Å². The molecule has 2 aromatic rings. The Bertz CT molecular complexity index is 572. The van der Waals surface area contributed by atoms with Crippen LogP contribution in [0, 0.1) is 6.92 Å². The molecular formula is C13H12ClN3O. The third-order valence-electron chi connectivity index (χ3n) is 2.49. The molecular weight excluding hydrogens is 250 g/mol. The third-order valence-corrected chi connectivity index (χ3v) is 2.72. The number of carbonyl (C=O) groups is 1. The molecule has 0 saturated heterocycles. The summed E-state index contributed by atoms with van der Waals surface area (Å²) in [5.74, 6) is -0.262. The van der Waals surface area contributed by atoms with Crippen molar-refractivity contribution in [2.45, 2.75) is 13.5 Å². The Morgan fingerprint density at radius 3 is 2.89 bits per heavy atom. The zero-order valence-electron chi connectivity index (χ0n) is 9.85. The highest BCUT2D eigenvalue weighted by Gasteiger charge is 2.08.